The second-order valence-electron chi connectivity index (χ2n) is 7.98. The number of esters is 2. The van der Waals surface area contributed by atoms with Crippen LogP contribution in [-0.4, -0.2) is 36.7 Å². The average molecular weight is 455 g/mol. The molecule has 0 saturated carbocycles. The average Bonchev–Trinajstić information content (AvgIpc) is 3.29. The Morgan fingerprint density at radius 3 is 2.25 bits per heavy atom. The van der Waals surface area contributed by atoms with Crippen molar-refractivity contribution in [2.75, 3.05) is 19.1 Å². The number of thiazole rings is 1. The largest absolute Gasteiger partial charge is 0.496 e. The molecule has 168 valence electrons. The molecular formula is C24H26N2O5S. The SMILES string of the molecule is COC(=O)c1ccc(N(Cc2cncs2)c2ccc(C(=O)OC(C)(C)C)cc2)cc1OC. The molecule has 0 fully saturated rings. The highest BCUT2D eigenvalue weighted by molar-refractivity contribution is 7.09. The Morgan fingerprint density at radius 1 is 1.00 bits per heavy atom. The number of hydrogen-bond acceptors (Lipinski definition) is 8. The van der Waals surface area contributed by atoms with E-state index in [2.05, 4.69) is 9.88 Å². The molecule has 0 amide bonds. The van der Waals surface area contributed by atoms with Crippen LogP contribution in [0.2, 0.25) is 0 Å². The van der Waals surface area contributed by atoms with Crippen LogP contribution in [0.25, 0.3) is 0 Å². The van der Waals surface area contributed by atoms with Crippen LogP contribution in [0.5, 0.6) is 5.75 Å². The molecule has 3 aromatic rings. The van der Waals surface area contributed by atoms with Gasteiger partial charge in [-0.3, -0.25) is 4.98 Å². The van der Waals surface area contributed by atoms with Crippen LogP contribution in [0, 0.1) is 0 Å². The van der Waals surface area contributed by atoms with E-state index in [-0.39, 0.29) is 5.97 Å². The maximum atomic E-state index is 12.4. The van der Waals surface area contributed by atoms with Gasteiger partial charge < -0.3 is 19.1 Å². The molecule has 2 aromatic carbocycles. The molecule has 0 aliphatic heterocycles. The molecular weight excluding hydrogens is 428 g/mol. The quantitative estimate of drug-likeness (QED) is 0.452. The van der Waals surface area contributed by atoms with E-state index in [0.29, 0.717) is 23.4 Å². The summed E-state index contributed by atoms with van der Waals surface area (Å²) in [5, 5.41) is 0. The van der Waals surface area contributed by atoms with Crippen molar-refractivity contribution in [1.29, 1.82) is 0 Å². The lowest BCUT2D eigenvalue weighted by atomic mass is 10.1. The lowest BCUT2D eigenvalue weighted by molar-refractivity contribution is 0.00693. The normalized spacial score (nSPS) is 11.0. The Balaban J connectivity index is 1.97. The Labute approximate surface area is 191 Å². The summed E-state index contributed by atoms with van der Waals surface area (Å²) in [4.78, 5) is 31.7. The molecule has 0 aliphatic carbocycles. The zero-order chi connectivity index (χ0) is 23.3. The Kier molecular flexibility index (Phi) is 7.15. The molecule has 0 spiro atoms. The van der Waals surface area contributed by atoms with Gasteiger partial charge in [0.2, 0.25) is 0 Å². The van der Waals surface area contributed by atoms with Gasteiger partial charge in [-0.2, -0.15) is 0 Å². The minimum Gasteiger partial charge on any atom is -0.496 e. The minimum atomic E-state index is -0.564. The third-order valence-corrected chi connectivity index (χ3v) is 5.28. The van der Waals surface area contributed by atoms with Gasteiger partial charge >= 0.3 is 11.9 Å². The Bertz CT molecular complexity index is 1070. The number of aromatic nitrogens is 1. The van der Waals surface area contributed by atoms with Gasteiger partial charge in [0.1, 0.15) is 16.9 Å². The fraction of sp³-hybridized carbons (Fsp3) is 0.292. The van der Waals surface area contributed by atoms with Gasteiger partial charge in [-0.25, -0.2) is 9.59 Å². The fourth-order valence-corrected chi connectivity index (χ4v) is 3.63. The zero-order valence-electron chi connectivity index (χ0n) is 18.7. The molecule has 0 saturated heterocycles. The monoisotopic (exact) mass is 454 g/mol. The van der Waals surface area contributed by atoms with E-state index in [1.807, 2.05) is 45.2 Å². The van der Waals surface area contributed by atoms with Crippen LogP contribution >= 0.6 is 11.3 Å². The van der Waals surface area contributed by atoms with Crippen molar-refractivity contribution in [3.05, 3.63) is 70.2 Å². The van der Waals surface area contributed by atoms with Crippen molar-refractivity contribution < 1.29 is 23.8 Å². The predicted octanol–water partition coefficient (Wildman–Crippen LogP) is 5.23. The van der Waals surface area contributed by atoms with Crippen molar-refractivity contribution in [3.63, 3.8) is 0 Å². The lowest BCUT2D eigenvalue weighted by Gasteiger charge is -2.26. The van der Waals surface area contributed by atoms with Gasteiger partial charge in [0, 0.05) is 28.5 Å². The number of benzene rings is 2. The van der Waals surface area contributed by atoms with Gasteiger partial charge in [0.25, 0.3) is 0 Å². The first-order valence-electron chi connectivity index (χ1n) is 9.96. The molecule has 0 N–H and O–H groups in total. The summed E-state index contributed by atoms with van der Waals surface area (Å²) in [6, 6.07) is 12.5. The van der Waals surface area contributed by atoms with Crippen LogP contribution < -0.4 is 9.64 Å². The molecule has 0 bridgehead atoms. The number of nitrogens with zero attached hydrogens (tertiary/aromatic N) is 2. The number of carbonyl (C=O) groups is 2. The topological polar surface area (TPSA) is 78.0 Å². The van der Waals surface area contributed by atoms with Crippen molar-refractivity contribution in [3.8, 4) is 5.75 Å². The Morgan fingerprint density at radius 2 is 1.69 bits per heavy atom. The van der Waals surface area contributed by atoms with E-state index < -0.39 is 11.6 Å². The summed E-state index contributed by atoms with van der Waals surface area (Å²) in [5.41, 5.74) is 3.70. The molecule has 1 aromatic heterocycles. The van der Waals surface area contributed by atoms with Crippen LogP contribution in [0.4, 0.5) is 11.4 Å². The number of carbonyl (C=O) groups excluding carboxylic acids is 2. The molecule has 0 unspecified atom stereocenters. The summed E-state index contributed by atoms with van der Waals surface area (Å²) in [6.45, 7) is 6.06. The number of ether oxygens (including phenoxy) is 3. The lowest BCUT2D eigenvalue weighted by Crippen LogP contribution is -2.24. The molecule has 0 aliphatic rings. The summed E-state index contributed by atoms with van der Waals surface area (Å²) < 4.78 is 15.7. The first-order valence-corrected chi connectivity index (χ1v) is 10.8. The first kappa shape index (κ1) is 23.3. The highest BCUT2D eigenvalue weighted by atomic mass is 32.1. The molecule has 3 rings (SSSR count). The van der Waals surface area contributed by atoms with E-state index in [1.165, 1.54) is 14.2 Å². The van der Waals surface area contributed by atoms with Crippen molar-refractivity contribution in [2.45, 2.75) is 32.9 Å². The molecule has 8 heteroatoms. The van der Waals surface area contributed by atoms with E-state index in [1.54, 1.807) is 41.1 Å². The Hall–Kier alpha value is -3.39. The van der Waals surface area contributed by atoms with Gasteiger partial charge in [0.15, 0.2) is 0 Å². The first-order chi connectivity index (χ1) is 15.2. The second-order valence-corrected chi connectivity index (χ2v) is 8.95. The summed E-state index contributed by atoms with van der Waals surface area (Å²) in [7, 11) is 2.84. The number of methoxy groups -OCH3 is 2. The van der Waals surface area contributed by atoms with Gasteiger partial charge in [0.05, 0.1) is 31.8 Å². The van der Waals surface area contributed by atoms with Crippen molar-refractivity contribution in [2.24, 2.45) is 0 Å². The van der Waals surface area contributed by atoms with E-state index in [9.17, 15) is 9.59 Å². The second kappa shape index (κ2) is 9.82. The maximum absolute atomic E-state index is 12.4. The summed E-state index contributed by atoms with van der Waals surface area (Å²) in [6.07, 6.45) is 1.81. The van der Waals surface area contributed by atoms with E-state index in [0.717, 1.165) is 16.3 Å². The number of hydrogen-bond donors (Lipinski definition) is 0. The highest BCUT2D eigenvalue weighted by Gasteiger charge is 2.20. The third kappa shape index (κ3) is 5.64. The van der Waals surface area contributed by atoms with Crippen LogP contribution in [0.3, 0.4) is 0 Å². The van der Waals surface area contributed by atoms with E-state index in [4.69, 9.17) is 14.2 Å². The van der Waals surface area contributed by atoms with Gasteiger partial charge in [-0.05, 0) is 57.2 Å². The highest BCUT2D eigenvalue weighted by Crippen LogP contribution is 2.33. The third-order valence-electron chi connectivity index (χ3n) is 4.51. The zero-order valence-corrected chi connectivity index (χ0v) is 19.6. The van der Waals surface area contributed by atoms with Crippen molar-refractivity contribution >= 4 is 34.7 Å². The fourth-order valence-electron chi connectivity index (χ4n) is 3.05. The molecule has 7 nitrogen and oxygen atoms in total. The number of anilines is 2. The smallest absolute Gasteiger partial charge is 0.341 e. The number of rotatable bonds is 7. The molecule has 32 heavy (non-hydrogen) atoms. The van der Waals surface area contributed by atoms with Crippen LogP contribution in [0.15, 0.2) is 54.2 Å². The molecule has 1 heterocycles. The molecule has 0 radical (unpaired) electrons. The summed E-state index contributed by atoms with van der Waals surface area (Å²) in [5.74, 6) is -0.430. The standard InChI is InChI=1S/C24H26N2O5S/c1-24(2,3)31-22(27)16-6-8-17(9-7-16)26(14-19-13-25-15-32-19)18-10-11-20(23(28)30-5)21(12-18)29-4/h6-13,15H,14H2,1-5H3. The van der Waals surface area contributed by atoms with Gasteiger partial charge in [-0.1, -0.05) is 0 Å². The predicted molar refractivity (Wildman–Crippen MR) is 124 cm³/mol. The van der Waals surface area contributed by atoms with Crippen LogP contribution in [-0.2, 0) is 16.0 Å². The summed E-state index contributed by atoms with van der Waals surface area (Å²) >= 11 is 1.54. The maximum Gasteiger partial charge on any atom is 0.341 e. The van der Waals surface area contributed by atoms with Gasteiger partial charge in [-0.15, -0.1) is 11.3 Å². The minimum absolute atomic E-state index is 0.344. The van der Waals surface area contributed by atoms with Crippen molar-refractivity contribution in [1.82, 2.24) is 4.98 Å². The molecule has 0 atom stereocenters. The van der Waals surface area contributed by atoms with E-state index >= 15 is 0 Å². The van der Waals surface area contributed by atoms with Crippen LogP contribution in [0.1, 0.15) is 46.4 Å².